The number of nitrogens with two attached hydrogens (primary N) is 1. The van der Waals surface area contributed by atoms with E-state index in [0.717, 1.165) is 12.0 Å². The van der Waals surface area contributed by atoms with Crippen LogP contribution in [0.1, 0.15) is 29.7 Å². The molecule has 0 heterocycles. The predicted molar refractivity (Wildman–Crippen MR) is 111 cm³/mol. The summed E-state index contributed by atoms with van der Waals surface area (Å²) in [5.74, 6) is 0.0126. The van der Waals surface area contributed by atoms with Crippen LogP contribution in [0.3, 0.4) is 0 Å². The predicted octanol–water partition coefficient (Wildman–Crippen LogP) is 2.65. The SMILES string of the molecule is CCc1ccc(OCCO)c(C(Nc2ccc(C(=N)N)cc2)C(=O)OC)c1.Cl. The zero-order valence-electron chi connectivity index (χ0n) is 15.9. The first-order valence-electron chi connectivity index (χ1n) is 8.65. The molecule has 0 saturated carbocycles. The number of aliphatic hydroxyl groups is 1. The summed E-state index contributed by atoms with van der Waals surface area (Å²) in [7, 11) is 1.33. The van der Waals surface area contributed by atoms with Crippen LogP contribution in [0.2, 0.25) is 0 Å². The van der Waals surface area contributed by atoms with Gasteiger partial charge in [0, 0.05) is 16.8 Å². The van der Waals surface area contributed by atoms with Crippen LogP contribution < -0.4 is 15.8 Å². The highest BCUT2D eigenvalue weighted by atomic mass is 35.5. The number of carbonyl (C=O) groups is 1. The number of nitrogen functional groups attached to an aromatic ring is 1. The average molecular weight is 408 g/mol. The van der Waals surface area contributed by atoms with E-state index in [-0.39, 0.29) is 31.5 Å². The molecule has 0 spiro atoms. The van der Waals surface area contributed by atoms with Crippen LogP contribution in [0, 0.1) is 5.41 Å². The molecule has 0 fully saturated rings. The van der Waals surface area contributed by atoms with E-state index >= 15 is 0 Å². The van der Waals surface area contributed by atoms with E-state index in [4.69, 9.17) is 25.7 Å². The third-order valence-corrected chi connectivity index (χ3v) is 4.09. The molecule has 0 aliphatic rings. The number of hydrogen-bond acceptors (Lipinski definition) is 6. The molecule has 28 heavy (non-hydrogen) atoms. The number of aliphatic hydroxyl groups excluding tert-OH is 1. The molecule has 0 amide bonds. The topological polar surface area (TPSA) is 118 Å². The van der Waals surface area contributed by atoms with Crippen molar-refractivity contribution < 1.29 is 19.4 Å². The highest BCUT2D eigenvalue weighted by Crippen LogP contribution is 2.30. The molecule has 1 atom stereocenters. The summed E-state index contributed by atoms with van der Waals surface area (Å²) in [6.45, 7) is 2.02. The van der Waals surface area contributed by atoms with Gasteiger partial charge in [-0.25, -0.2) is 4.79 Å². The van der Waals surface area contributed by atoms with Gasteiger partial charge in [-0.2, -0.15) is 0 Å². The van der Waals surface area contributed by atoms with Gasteiger partial charge in [-0.1, -0.05) is 13.0 Å². The molecule has 1 unspecified atom stereocenters. The van der Waals surface area contributed by atoms with Crippen LogP contribution >= 0.6 is 12.4 Å². The van der Waals surface area contributed by atoms with E-state index in [1.807, 2.05) is 19.1 Å². The van der Waals surface area contributed by atoms with Gasteiger partial charge in [0.1, 0.15) is 18.2 Å². The monoisotopic (exact) mass is 407 g/mol. The van der Waals surface area contributed by atoms with Crippen LogP contribution in [-0.2, 0) is 16.0 Å². The molecule has 0 radical (unpaired) electrons. The maximum atomic E-state index is 12.5. The molecule has 0 aliphatic heterocycles. The zero-order chi connectivity index (χ0) is 19.8. The molecular formula is C20H26ClN3O4. The average Bonchev–Trinajstić information content (AvgIpc) is 2.70. The highest BCUT2D eigenvalue weighted by molar-refractivity contribution is 5.95. The van der Waals surface area contributed by atoms with Gasteiger partial charge < -0.3 is 25.6 Å². The second-order valence-electron chi connectivity index (χ2n) is 5.89. The van der Waals surface area contributed by atoms with Gasteiger partial charge in [-0.05, 0) is 48.4 Å². The minimum atomic E-state index is -0.793. The smallest absolute Gasteiger partial charge is 0.333 e. The fraction of sp³-hybridized carbons (Fsp3) is 0.300. The normalized spacial score (nSPS) is 11.1. The lowest BCUT2D eigenvalue weighted by molar-refractivity contribution is -0.141. The van der Waals surface area contributed by atoms with Gasteiger partial charge in [0.15, 0.2) is 6.04 Å². The molecule has 8 heteroatoms. The Morgan fingerprint density at radius 2 is 1.93 bits per heavy atom. The number of methoxy groups -OCH3 is 1. The zero-order valence-corrected chi connectivity index (χ0v) is 16.7. The number of carbonyl (C=O) groups excluding carboxylic acids is 1. The van der Waals surface area contributed by atoms with E-state index in [1.54, 1.807) is 30.3 Å². The lowest BCUT2D eigenvalue weighted by Gasteiger charge is -2.22. The number of anilines is 1. The number of amidine groups is 1. The number of ether oxygens (including phenoxy) is 2. The summed E-state index contributed by atoms with van der Waals surface area (Å²) in [6.07, 6.45) is 0.800. The summed E-state index contributed by atoms with van der Waals surface area (Å²) in [6, 6.07) is 11.7. The number of aryl methyl sites for hydroxylation is 1. The molecule has 0 bridgehead atoms. The van der Waals surface area contributed by atoms with Gasteiger partial charge in [-0.15, -0.1) is 12.4 Å². The number of hydrogen-bond donors (Lipinski definition) is 4. The lowest BCUT2D eigenvalue weighted by atomic mass is 10.0. The standard InChI is InChI=1S/C20H25N3O4.ClH/c1-3-13-4-9-17(27-11-10-24)16(12-13)18(20(25)26-2)23-15-7-5-14(6-8-15)19(21)22;/h4-9,12,18,23-24H,3,10-11H2,1-2H3,(H3,21,22);1H. The van der Waals surface area contributed by atoms with Gasteiger partial charge >= 0.3 is 5.97 Å². The van der Waals surface area contributed by atoms with Gasteiger partial charge in [0.2, 0.25) is 0 Å². The van der Waals surface area contributed by atoms with Crippen LogP contribution in [0.4, 0.5) is 5.69 Å². The minimum Gasteiger partial charge on any atom is -0.491 e. The second-order valence-corrected chi connectivity index (χ2v) is 5.89. The van der Waals surface area contributed by atoms with E-state index in [0.29, 0.717) is 22.6 Å². The first-order chi connectivity index (χ1) is 13.0. The van der Waals surface area contributed by atoms with Crippen molar-refractivity contribution in [2.45, 2.75) is 19.4 Å². The van der Waals surface area contributed by atoms with E-state index in [9.17, 15) is 4.79 Å². The molecule has 5 N–H and O–H groups in total. The molecule has 2 rings (SSSR count). The Balaban J connectivity index is 0.00000392. The Labute approximate surface area is 170 Å². The van der Waals surface area contributed by atoms with Crippen LogP contribution in [0.15, 0.2) is 42.5 Å². The highest BCUT2D eigenvalue weighted by Gasteiger charge is 2.25. The molecule has 0 aromatic heterocycles. The summed E-state index contributed by atoms with van der Waals surface area (Å²) >= 11 is 0. The number of nitrogens with one attached hydrogen (secondary N) is 2. The number of esters is 1. The molecule has 2 aromatic rings. The second kappa shape index (κ2) is 11.2. The van der Waals surface area contributed by atoms with Crippen molar-refractivity contribution in [3.05, 3.63) is 59.2 Å². The van der Waals surface area contributed by atoms with Gasteiger partial charge in [0.25, 0.3) is 0 Å². The van der Waals surface area contributed by atoms with Crippen molar-refractivity contribution in [3.8, 4) is 5.75 Å². The summed E-state index contributed by atoms with van der Waals surface area (Å²) in [5.41, 5.74) is 8.42. The molecule has 0 aliphatic carbocycles. The Kier molecular flexibility index (Phi) is 9.27. The third-order valence-electron chi connectivity index (χ3n) is 4.09. The van der Waals surface area contributed by atoms with E-state index < -0.39 is 12.0 Å². The minimum absolute atomic E-state index is 0. The first kappa shape index (κ1) is 23.3. The van der Waals surface area contributed by atoms with Crippen molar-refractivity contribution in [3.63, 3.8) is 0 Å². The van der Waals surface area contributed by atoms with Crippen molar-refractivity contribution in [1.82, 2.24) is 0 Å². The molecule has 152 valence electrons. The quantitative estimate of drug-likeness (QED) is 0.288. The van der Waals surface area contributed by atoms with Crippen LogP contribution in [0.5, 0.6) is 5.75 Å². The van der Waals surface area contributed by atoms with Crippen molar-refractivity contribution in [1.29, 1.82) is 5.41 Å². The largest absolute Gasteiger partial charge is 0.491 e. The number of rotatable bonds is 9. The van der Waals surface area contributed by atoms with Crippen molar-refractivity contribution in [2.75, 3.05) is 25.6 Å². The summed E-state index contributed by atoms with van der Waals surface area (Å²) in [5, 5.41) is 19.7. The first-order valence-corrected chi connectivity index (χ1v) is 8.65. The maximum absolute atomic E-state index is 12.5. The van der Waals surface area contributed by atoms with Crippen LogP contribution in [0.25, 0.3) is 0 Å². The van der Waals surface area contributed by atoms with E-state index in [1.165, 1.54) is 7.11 Å². The Morgan fingerprint density at radius 1 is 1.25 bits per heavy atom. The van der Waals surface area contributed by atoms with Crippen LogP contribution in [-0.4, -0.2) is 37.2 Å². The Bertz CT molecular complexity index is 797. The van der Waals surface area contributed by atoms with E-state index in [2.05, 4.69) is 5.32 Å². The molecule has 0 saturated heterocycles. The van der Waals surface area contributed by atoms with Gasteiger partial charge in [-0.3, -0.25) is 5.41 Å². The number of benzene rings is 2. The molecule has 7 nitrogen and oxygen atoms in total. The fourth-order valence-corrected chi connectivity index (χ4v) is 2.62. The third kappa shape index (κ3) is 5.87. The summed E-state index contributed by atoms with van der Waals surface area (Å²) < 4.78 is 10.6. The molecule has 2 aromatic carbocycles. The fourth-order valence-electron chi connectivity index (χ4n) is 2.62. The molecular weight excluding hydrogens is 382 g/mol. The van der Waals surface area contributed by atoms with Crippen molar-refractivity contribution >= 4 is 29.9 Å². The lowest BCUT2D eigenvalue weighted by Crippen LogP contribution is -2.23. The Hall–Kier alpha value is -2.77. The van der Waals surface area contributed by atoms with Gasteiger partial charge in [0.05, 0.1) is 13.7 Å². The van der Waals surface area contributed by atoms with Crippen molar-refractivity contribution in [2.24, 2.45) is 5.73 Å². The Morgan fingerprint density at radius 3 is 2.46 bits per heavy atom. The number of halogens is 1. The maximum Gasteiger partial charge on any atom is 0.333 e. The summed E-state index contributed by atoms with van der Waals surface area (Å²) in [4.78, 5) is 12.5.